The highest BCUT2D eigenvalue weighted by Crippen LogP contribution is 2.21. The van der Waals surface area contributed by atoms with Gasteiger partial charge in [-0.2, -0.15) is 4.99 Å². The molecule has 1 aliphatic heterocycles. The number of para-hydroxylation sites is 1. The molecule has 140 valence electrons. The summed E-state index contributed by atoms with van der Waals surface area (Å²) in [5, 5.41) is 18.4. The number of carbonyl (C=O) groups excluding carboxylic acids is 2. The highest BCUT2D eigenvalue weighted by atomic mass is 16.5. The molecule has 2 amide bonds. The molecule has 0 fully saturated rings. The Kier molecular flexibility index (Phi) is 5.49. The van der Waals surface area contributed by atoms with Crippen LogP contribution in [-0.4, -0.2) is 46.0 Å². The van der Waals surface area contributed by atoms with Crippen LogP contribution in [0.2, 0.25) is 0 Å². The molecule has 2 aromatic carbocycles. The van der Waals surface area contributed by atoms with Gasteiger partial charge in [-0.15, -0.1) is 0 Å². The second kappa shape index (κ2) is 7.98. The summed E-state index contributed by atoms with van der Waals surface area (Å²) in [6, 6.07) is 11.4. The average Bonchev–Trinajstić information content (AvgIpc) is 2.67. The average molecular weight is 368 g/mol. The fourth-order valence-corrected chi connectivity index (χ4v) is 3.06. The number of hydrogen-bond donors (Lipinski definition) is 4. The molecule has 0 atom stereocenters. The summed E-state index contributed by atoms with van der Waals surface area (Å²) < 4.78 is 0. The first-order valence-electron chi connectivity index (χ1n) is 8.42. The van der Waals surface area contributed by atoms with Gasteiger partial charge in [0.2, 0.25) is 0 Å². The lowest BCUT2D eigenvalue weighted by Gasteiger charge is -2.28. The Hall–Kier alpha value is -3.23. The monoisotopic (exact) mass is 368 g/mol. The minimum atomic E-state index is -0.581. The third-order valence-corrected chi connectivity index (χ3v) is 4.43. The van der Waals surface area contributed by atoms with Crippen molar-refractivity contribution in [2.24, 2.45) is 10.7 Å². The van der Waals surface area contributed by atoms with Crippen LogP contribution in [0.25, 0.3) is 0 Å². The molecule has 0 radical (unpaired) electrons. The van der Waals surface area contributed by atoms with Crippen molar-refractivity contribution in [1.82, 2.24) is 10.4 Å². The molecule has 0 aromatic heterocycles. The van der Waals surface area contributed by atoms with Gasteiger partial charge in [-0.1, -0.05) is 18.2 Å². The lowest BCUT2D eigenvalue weighted by Crippen LogP contribution is -2.38. The van der Waals surface area contributed by atoms with E-state index < -0.39 is 11.8 Å². The quantitative estimate of drug-likeness (QED) is 0.277. The van der Waals surface area contributed by atoms with Crippen molar-refractivity contribution in [1.29, 1.82) is 0 Å². The molecule has 0 bridgehead atoms. The van der Waals surface area contributed by atoms with Gasteiger partial charge in [0.15, 0.2) is 0 Å². The number of aromatic hydroxyl groups is 1. The standard InChI is InChI=1S/C19H20N4O4/c20-17(21-19(26)15-3-1-2-4-16(15)24)11-23-8-7-12-9-13(18(25)22-27)5-6-14(12)10-23/h1-6,9,24,27H,7-8,10-11H2,(H,22,25)(H2,20,21,26). The van der Waals surface area contributed by atoms with Crippen LogP contribution >= 0.6 is 0 Å². The SMILES string of the molecule is NC(CN1CCc2cc(C(=O)NO)ccc2C1)=NC(=O)c1ccccc1O. The zero-order chi connectivity index (χ0) is 19.4. The molecular formula is C19H20N4O4. The fourth-order valence-electron chi connectivity index (χ4n) is 3.06. The fraction of sp³-hybridized carbons (Fsp3) is 0.211. The number of phenolic OH excluding ortho intramolecular Hbond substituents is 1. The Bertz CT molecular complexity index is 910. The van der Waals surface area contributed by atoms with Crippen LogP contribution in [0.5, 0.6) is 5.75 Å². The smallest absolute Gasteiger partial charge is 0.282 e. The molecule has 0 saturated heterocycles. The molecule has 0 spiro atoms. The molecule has 8 heteroatoms. The zero-order valence-corrected chi connectivity index (χ0v) is 14.6. The van der Waals surface area contributed by atoms with E-state index in [1.165, 1.54) is 12.1 Å². The molecule has 0 unspecified atom stereocenters. The van der Waals surface area contributed by atoms with Gasteiger partial charge in [0, 0.05) is 18.7 Å². The summed E-state index contributed by atoms with van der Waals surface area (Å²) in [6.45, 7) is 1.62. The highest BCUT2D eigenvalue weighted by molar-refractivity contribution is 6.04. The number of benzene rings is 2. The predicted molar refractivity (Wildman–Crippen MR) is 98.7 cm³/mol. The molecule has 0 aliphatic carbocycles. The Morgan fingerprint density at radius 2 is 1.96 bits per heavy atom. The Balaban J connectivity index is 1.66. The minimum Gasteiger partial charge on any atom is -0.507 e. The van der Waals surface area contributed by atoms with Crippen LogP contribution in [-0.2, 0) is 13.0 Å². The topological polar surface area (TPSA) is 128 Å². The van der Waals surface area contributed by atoms with E-state index in [0.717, 1.165) is 11.1 Å². The van der Waals surface area contributed by atoms with Gasteiger partial charge in [0.05, 0.1) is 12.1 Å². The second-order valence-electron chi connectivity index (χ2n) is 6.31. The number of phenols is 1. The van der Waals surface area contributed by atoms with Crippen molar-refractivity contribution in [3.05, 3.63) is 64.7 Å². The zero-order valence-electron chi connectivity index (χ0n) is 14.6. The maximum Gasteiger partial charge on any atom is 0.282 e. The van der Waals surface area contributed by atoms with E-state index in [1.54, 1.807) is 29.7 Å². The van der Waals surface area contributed by atoms with Gasteiger partial charge in [0.25, 0.3) is 11.8 Å². The molecular weight excluding hydrogens is 348 g/mol. The maximum atomic E-state index is 12.1. The Morgan fingerprint density at radius 1 is 1.19 bits per heavy atom. The van der Waals surface area contributed by atoms with Gasteiger partial charge in [-0.3, -0.25) is 19.7 Å². The number of nitrogens with two attached hydrogens (primary N) is 1. The van der Waals surface area contributed by atoms with Gasteiger partial charge in [0.1, 0.15) is 11.6 Å². The third-order valence-electron chi connectivity index (χ3n) is 4.43. The Labute approximate surface area is 155 Å². The van der Waals surface area contributed by atoms with Crippen molar-refractivity contribution < 1.29 is 19.9 Å². The van der Waals surface area contributed by atoms with Crippen LogP contribution in [0.3, 0.4) is 0 Å². The number of amides is 2. The number of hydrogen-bond acceptors (Lipinski definition) is 5. The van der Waals surface area contributed by atoms with E-state index >= 15 is 0 Å². The first-order chi connectivity index (χ1) is 13.0. The summed E-state index contributed by atoms with van der Waals surface area (Å²) in [4.78, 5) is 29.6. The summed E-state index contributed by atoms with van der Waals surface area (Å²) in [5.74, 6) is -1.08. The normalized spacial score (nSPS) is 14.5. The van der Waals surface area contributed by atoms with Crippen LogP contribution in [0.15, 0.2) is 47.5 Å². The maximum absolute atomic E-state index is 12.1. The minimum absolute atomic E-state index is 0.110. The molecule has 0 saturated carbocycles. The number of hydroxylamine groups is 1. The molecule has 2 aromatic rings. The molecule has 8 nitrogen and oxygen atoms in total. The molecule has 27 heavy (non-hydrogen) atoms. The van der Waals surface area contributed by atoms with Gasteiger partial charge < -0.3 is 10.8 Å². The molecule has 1 heterocycles. The molecule has 1 aliphatic rings. The number of rotatable bonds is 4. The van der Waals surface area contributed by atoms with E-state index in [0.29, 0.717) is 31.6 Å². The molecule has 5 N–H and O–H groups in total. The second-order valence-corrected chi connectivity index (χ2v) is 6.31. The van der Waals surface area contributed by atoms with Crippen molar-refractivity contribution in [3.63, 3.8) is 0 Å². The van der Waals surface area contributed by atoms with Gasteiger partial charge in [-0.05, 0) is 41.8 Å². The summed E-state index contributed by atoms with van der Waals surface area (Å²) in [6.07, 6.45) is 0.711. The van der Waals surface area contributed by atoms with Crippen molar-refractivity contribution in [3.8, 4) is 5.75 Å². The first kappa shape index (κ1) is 18.6. The van der Waals surface area contributed by atoms with Crippen LogP contribution in [0, 0.1) is 0 Å². The molecule has 3 rings (SSSR count). The summed E-state index contributed by atoms with van der Waals surface area (Å²) in [5.41, 5.74) is 10.1. The number of nitrogens with one attached hydrogen (secondary N) is 1. The summed E-state index contributed by atoms with van der Waals surface area (Å²) >= 11 is 0. The third kappa shape index (κ3) is 4.30. The first-order valence-corrected chi connectivity index (χ1v) is 8.42. The van der Waals surface area contributed by atoms with E-state index in [4.69, 9.17) is 10.9 Å². The van der Waals surface area contributed by atoms with Crippen LogP contribution in [0.4, 0.5) is 0 Å². The Morgan fingerprint density at radius 3 is 2.70 bits per heavy atom. The van der Waals surface area contributed by atoms with E-state index in [2.05, 4.69) is 4.99 Å². The number of nitrogens with zero attached hydrogens (tertiary/aromatic N) is 2. The number of aliphatic imine (C=N–C) groups is 1. The van der Waals surface area contributed by atoms with E-state index in [9.17, 15) is 14.7 Å². The number of amidine groups is 1. The van der Waals surface area contributed by atoms with Gasteiger partial charge in [-0.25, -0.2) is 5.48 Å². The largest absolute Gasteiger partial charge is 0.507 e. The van der Waals surface area contributed by atoms with Gasteiger partial charge >= 0.3 is 0 Å². The van der Waals surface area contributed by atoms with E-state index in [1.807, 2.05) is 11.0 Å². The lowest BCUT2D eigenvalue weighted by atomic mass is 9.97. The number of fused-ring (bicyclic) bond motifs is 1. The lowest BCUT2D eigenvalue weighted by molar-refractivity contribution is 0.0706. The highest BCUT2D eigenvalue weighted by Gasteiger charge is 2.19. The van der Waals surface area contributed by atoms with Crippen LogP contribution < -0.4 is 11.2 Å². The predicted octanol–water partition coefficient (Wildman–Crippen LogP) is 1.07. The van der Waals surface area contributed by atoms with Crippen molar-refractivity contribution in [2.45, 2.75) is 13.0 Å². The van der Waals surface area contributed by atoms with E-state index in [-0.39, 0.29) is 17.1 Å². The van der Waals surface area contributed by atoms with Crippen molar-refractivity contribution >= 4 is 17.6 Å². The number of carbonyl (C=O) groups is 2. The summed E-state index contributed by atoms with van der Waals surface area (Å²) in [7, 11) is 0. The van der Waals surface area contributed by atoms with Crippen molar-refractivity contribution in [2.75, 3.05) is 13.1 Å². The van der Waals surface area contributed by atoms with Crippen LogP contribution in [0.1, 0.15) is 31.8 Å².